The van der Waals surface area contributed by atoms with Gasteiger partial charge >= 0.3 is 0 Å². The first-order valence-corrected chi connectivity index (χ1v) is 8.86. The van der Waals surface area contributed by atoms with Gasteiger partial charge in [0.05, 0.1) is 23.9 Å². The molecule has 8 heteroatoms. The highest BCUT2D eigenvalue weighted by atomic mass is 19.1. The van der Waals surface area contributed by atoms with Crippen molar-refractivity contribution in [1.82, 2.24) is 15.8 Å². The largest absolute Gasteiger partial charge is 0.497 e. The summed E-state index contributed by atoms with van der Waals surface area (Å²) in [5.41, 5.74) is 6.11. The van der Waals surface area contributed by atoms with Gasteiger partial charge in [0, 0.05) is 11.5 Å². The van der Waals surface area contributed by atoms with Crippen molar-refractivity contribution in [2.24, 2.45) is 0 Å². The van der Waals surface area contributed by atoms with E-state index in [9.17, 15) is 14.0 Å². The number of amides is 2. The van der Waals surface area contributed by atoms with E-state index in [2.05, 4.69) is 15.8 Å². The standard InChI is InChI=1S/C21H20FN3O4/c1-12-16(10-14-8-9-15(28-3)11-18(14)23-12)21(27)25-24-20(26)13(2)29-19-7-5-4-6-17(19)22/h4-11,13H,1-3H3,(H,24,26)(H,25,27). The monoisotopic (exact) mass is 397 g/mol. The number of rotatable bonds is 5. The van der Waals surface area contributed by atoms with Crippen LogP contribution in [0.2, 0.25) is 0 Å². The van der Waals surface area contributed by atoms with Gasteiger partial charge in [-0.2, -0.15) is 0 Å². The molecule has 0 saturated heterocycles. The maximum Gasteiger partial charge on any atom is 0.279 e. The number of ether oxygens (including phenoxy) is 2. The minimum absolute atomic E-state index is 0.0496. The molecular formula is C21H20FN3O4. The highest BCUT2D eigenvalue weighted by Gasteiger charge is 2.18. The number of carbonyl (C=O) groups excluding carboxylic acids is 2. The molecule has 1 unspecified atom stereocenters. The third-order valence-corrected chi connectivity index (χ3v) is 4.27. The zero-order valence-electron chi connectivity index (χ0n) is 16.2. The van der Waals surface area contributed by atoms with Crippen LogP contribution in [-0.4, -0.2) is 30.0 Å². The molecule has 7 nitrogen and oxygen atoms in total. The minimum atomic E-state index is -1.02. The van der Waals surface area contributed by atoms with Crippen molar-refractivity contribution >= 4 is 22.7 Å². The second kappa shape index (κ2) is 8.55. The van der Waals surface area contributed by atoms with Crippen LogP contribution in [0.1, 0.15) is 23.0 Å². The lowest BCUT2D eigenvalue weighted by atomic mass is 10.1. The maximum atomic E-state index is 13.6. The normalized spacial score (nSPS) is 11.6. The molecule has 0 fully saturated rings. The first-order valence-electron chi connectivity index (χ1n) is 8.86. The fourth-order valence-corrected chi connectivity index (χ4v) is 2.67. The number of nitrogens with one attached hydrogen (secondary N) is 2. The van der Waals surface area contributed by atoms with Crippen LogP contribution in [0.4, 0.5) is 4.39 Å². The number of nitrogens with zero attached hydrogens (tertiary/aromatic N) is 1. The number of aromatic nitrogens is 1. The molecule has 150 valence electrons. The van der Waals surface area contributed by atoms with Crippen LogP contribution in [0.25, 0.3) is 10.9 Å². The zero-order chi connectivity index (χ0) is 21.0. The average Bonchev–Trinajstić information content (AvgIpc) is 2.72. The molecule has 0 saturated carbocycles. The van der Waals surface area contributed by atoms with Crippen LogP contribution < -0.4 is 20.3 Å². The summed E-state index contributed by atoms with van der Waals surface area (Å²) in [4.78, 5) is 29.1. The molecule has 1 atom stereocenters. The molecule has 0 bridgehead atoms. The van der Waals surface area contributed by atoms with Gasteiger partial charge in [-0.3, -0.25) is 25.4 Å². The number of benzene rings is 2. The van der Waals surface area contributed by atoms with E-state index in [4.69, 9.17) is 9.47 Å². The number of pyridine rings is 1. The third-order valence-electron chi connectivity index (χ3n) is 4.27. The van der Waals surface area contributed by atoms with Crippen molar-refractivity contribution in [3.05, 3.63) is 65.6 Å². The first-order chi connectivity index (χ1) is 13.9. The van der Waals surface area contributed by atoms with E-state index in [-0.39, 0.29) is 5.75 Å². The summed E-state index contributed by atoms with van der Waals surface area (Å²) in [6.07, 6.45) is -1.02. The molecular weight excluding hydrogens is 377 g/mol. The first kappa shape index (κ1) is 20.1. The van der Waals surface area contributed by atoms with Gasteiger partial charge in [-0.25, -0.2) is 4.39 Å². The van der Waals surface area contributed by atoms with Crippen LogP contribution in [0.15, 0.2) is 48.5 Å². The number of para-hydroxylation sites is 1. The second-order valence-electron chi connectivity index (χ2n) is 6.31. The fourth-order valence-electron chi connectivity index (χ4n) is 2.67. The SMILES string of the molecule is COc1ccc2cc(C(=O)NNC(=O)C(C)Oc3ccccc3F)c(C)nc2c1. The molecule has 29 heavy (non-hydrogen) atoms. The predicted molar refractivity (Wildman–Crippen MR) is 105 cm³/mol. The Morgan fingerprint density at radius 1 is 1.10 bits per heavy atom. The summed E-state index contributed by atoms with van der Waals surface area (Å²) in [6.45, 7) is 3.14. The maximum absolute atomic E-state index is 13.6. The van der Waals surface area contributed by atoms with Gasteiger partial charge in [-0.05, 0) is 44.2 Å². The quantitative estimate of drug-likeness (QED) is 0.646. The molecule has 3 rings (SSSR count). The van der Waals surface area contributed by atoms with Gasteiger partial charge in [-0.1, -0.05) is 12.1 Å². The second-order valence-corrected chi connectivity index (χ2v) is 6.31. The third kappa shape index (κ3) is 4.60. The number of carbonyl (C=O) groups is 2. The Morgan fingerprint density at radius 3 is 2.59 bits per heavy atom. The number of hydrogen-bond acceptors (Lipinski definition) is 5. The molecule has 0 spiro atoms. The number of methoxy groups -OCH3 is 1. The Hall–Kier alpha value is -3.68. The van der Waals surface area contributed by atoms with Gasteiger partial charge in [0.2, 0.25) is 0 Å². The van der Waals surface area contributed by atoms with E-state index in [1.807, 2.05) is 0 Å². The van der Waals surface area contributed by atoms with Gasteiger partial charge in [0.25, 0.3) is 11.8 Å². The molecule has 0 radical (unpaired) electrons. The van der Waals surface area contributed by atoms with E-state index in [0.29, 0.717) is 22.5 Å². The Kier molecular flexibility index (Phi) is 5.92. The summed E-state index contributed by atoms with van der Waals surface area (Å²) in [6, 6.07) is 12.8. The van der Waals surface area contributed by atoms with Crippen molar-refractivity contribution in [2.45, 2.75) is 20.0 Å². The summed E-state index contributed by atoms with van der Waals surface area (Å²) in [5.74, 6) is -1.12. The molecule has 2 aromatic carbocycles. The number of hydrazine groups is 1. The topological polar surface area (TPSA) is 89.6 Å². The molecule has 0 aliphatic rings. The molecule has 1 aromatic heterocycles. The van der Waals surface area contributed by atoms with E-state index >= 15 is 0 Å². The van der Waals surface area contributed by atoms with Gasteiger partial charge in [-0.15, -0.1) is 0 Å². The highest BCUT2D eigenvalue weighted by Crippen LogP contribution is 2.21. The smallest absolute Gasteiger partial charge is 0.279 e. The average molecular weight is 397 g/mol. The number of fused-ring (bicyclic) bond motifs is 1. The Morgan fingerprint density at radius 2 is 1.86 bits per heavy atom. The van der Waals surface area contributed by atoms with E-state index < -0.39 is 23.7 Å². The Bertz CT molecular complexity index is 1070. The van der Waals surface area contributed by atoms with Crippen molar-refractivity contribution in [3.8, 4) is 11.5 Å². The lowest BCUT2D eigenvalue weighted by Crippen LogP contribution is -2.47. The van der Waals surface area contributed by atoms with Crippen LogP contribution >= 0.6 is 0 Å². The number of halogens is 1. The van der Waals surface area contributed by atoms with Crippen LogP contribution in [0, 0.1) is 12.7 Å². The summed E-state index contributed by atoms with van der Waals surface area (Å²) in [5, 5.41) is 0.754. The van der Waals surface area contributed by atoms with Crippen LogP contribution in [0.5, 0.6) is 11.5 Å². The highest BCUT2D eigenvalue weighted by molar-refractivity contribution is 5.99. The van der Waals surface area contributed by atoms with Gasteiger partial charge < -0.3 is 9.47 Å². The van der Waals surface area contributed by atoms with Crippen LogP contribution in [-0.2, 0) is 4.79 Å². The number of aryl methyl sites for hydroxylation is 1. The molecule has 0 aliphatic heterocycles. The van der Waals surface area contributed by atoms with Gasteiger partial charge in [0.15, 0.2) is 17.7 Å². The Labute approximate surface area is 166 Å². The molecule has 3 aromatic rings. The summed E-state index contributed by atoms with van der Waals surface area (Å²) < 4.78 is 24.1. The lowest BCUT2D eigenvalue weighted by molar-refractivity contribution is -0.128. The predicted octanol–water partition coefficient (Wildman–Crippen LogP) is 2.92. The molecule has 1 heterocycles. The van der Waals surface area contributed by atoms with E-state index in [1.54, 1.807) is 44.4 Å². The van der Waals surface area contributed by atoms with Crippen molar-refractivity contribution in [2.75, 3.05) is 7.11 Å². The van der Waals surface area contributed by atoms with E-state index in [0.717, 1.165) is 5.39 Å². The van der Waals surface area contributed by atoms with Gasteiger partial charge in [0.1, 0.15) is 5.75 Å². The fraction of sp³-hybridized carbons (Fsp3) is 0.190. The van der Waals surface area contributed by atoms with E-state index in [1.165, 1.54) is 25.1 Å². The Balaban J connectivity index is 1.66. The van der Waals surface area contributed by atoms with Crippen molar-refractivity contribution in [1.29, 1.82) is 0 Å². The van der Waals surface area contributed by atoms with Crippen molar-refractivity contribution in [3.63, 3.8) is 0 Å². The molecule has 0 aliphatic carbocycles. The molecule has 2 N–H and O–H groups in total. The number of hydrogen-bond donors (Lipinski definition) is 2. The van der Waals surface area contributed by atoms with Crippen LogP contribution in [0.3, 0.4) is 0 Å². The van der Waals surface area contributed by atoms with Crippen molar-refractivity contribution < 1.29 is 23.5 Å². The molecule has 2 amide bonds. The summed E-state index contributed by atoms with van der Waals surface area (Å²) >= 11 is 0. The lowest BCUT2D eigenvalue weighted by Gasteiger charge is -2.16. The minimum Gasteiger partial charge on any atom is -0.497 e. The zero-order valence-corrected chi connectivity index (χ0v) is 16.2. The summed E-state index contributed by atoms with van der Waals surface area (Å²) in [7, 11) is 1.56.